The van der Waals surface area contributed by atoms with Crippen molar-refractivity contribution in [3.8, 4) is 0 Å². The van der Waals surface area contributed by atoms with Gasteiger partial charge >= 0.3 is 5.97 Å². The molecule has 1 N–H and O–H groups in total. The smallest absolute Gasteiger partial charge is 0.328 e. The van der Waals surface area contributed by atoms with Gasteiger partial charge in [0.25, 0.3) is 0 Å². The summed E-state index contributed by atoms with van der Waals surface area (Å²) < 4.78 is 0. The van der Waals surface area contributed by atoms with E-state index in [4.69, 9.17) is 5.11 Å². The number of carbonyl (C=O) groups is 1. The van der Waals surface area contributed by atoms with Gasteiger partial charge < -0.3 is 5.11 Å². The topological polar surface area (TPSA) is 49.7 Å². The predicted molar refractivity (Wildman–Crippen MR) is 58.8 cm³/mol. The van der Waals surface area contributed by atoms with Crippen molar-refractivity contribution in [1.82, 2.24) is 0 Å². The normalized spacial score (nSPS) is 15.0. The Morgan fingerprint density at radius 1 is 1.43 bits per heavy atom. The van der Waals surface area contributed by atoms with Crippen molar-refractivity contribution in [3.63, 3.8) is 0 Å². The Balaban J connectivity index is 4.38. The van der Waals surface area contributed by atoms with Gasteiger partial charge in [0, 0.05) is 6.21 Å². The predicted octanol–water partition coefficient (Wildman–Crippen LogP) is 2.60. The Morgan fingerprint density at radius 3 is 2.21 bits per heavy atom. The van der Waals surface area contributed by atoms with Crippen LogP contribution in [0.5, 0.6) is 0 Å². The fourth-order valence-corrected chi connectivity index (χ4v) is 0.986. The van der Waals surface area contributed by atoms with Gasteiger partial charge in [-0.3, -0.25) is 4.99 Å². The molecule has 3 nitrogen and oxygen atoms in total. The Kier molecular flexibility index (Phi) is 4.81. The van der Waals surface area contributed by atoms with Gasteiger partial charge in [-0.05, 0) is 17.8 Å². The van der Waals surface area contributed by atoms with E-state index in [1.54, 1.807) is 6.21 Å². The van der Waals surface area contributed by atoms with E-state index >= 15 is 0 Å². The van der Waals surface area contributed by atoms with Crippen LogP contribution < -0.4 is 0 Å². The average Bonchev–Trinajstić information content (AvgIpc) is 1.94. The average molecular weight is 199 g/mol. The molecule has 82 valence electrons. The summed E-state index contributed by atoms with van der Waals surface area (Å²) in [7, 11) is 0. The third kappa shape index (κ3) is 6.63. The van der Waals surface area contributed by atoms with Crippen LogP contribution in [-0.2, 0) is 4.79 Å². The Labute approximate surface area is 86.2 Å². The summed E-state index contributed by atoms with van der Waals surface area (Å²) in [5.41, 5.74) is -0.0509. The number of aliphatic carboxylic acids is 1. The first kappa shape index (κ1) is 13.1. The van der Waals surface area contributed by atoms with Crippen LogP contribution in [0.25, 0.3) is 0 Å². The van der Waals surface area contributed by atoms with Crippen LogP contribution in [0.3, 0.4) is 0 Å². The summed E-state index contributed by atoms with van der Waals surface area (Å²) in [6.07, 6.45) is 2.33. The lowest BCUT2D eigenvalue weighted by Crippen LogP contribution is -2.21. The summed E-state index contributed by atoms with van der Waals surface area (Å²) in [4.78, 5) is 14.9. The van der Waals surface area contributed by atoms with Crippen molar-refractivity contribution < 1.29 is 9.90 Å². The lowest BCUT2D eigenvalue weighted by molar-refractivity contribution is -0.138. The second-order valence-corrected chi connectivity index (χ2v) is 5.13. The first-order chi connectivity index (χ1) is 6.22. The molecule has 0 bridgehead atoms. The summed E-state index contributed by atoms with van der Waals surface area (Å²) in [5.74, 6) is -0.479. The van der Waals surface area contributed by atoms with Gasteiger partial charge in [0.15, 0.2) is 0 Å². The highest BCUT2D eigenvalue weighted by molar-refractivity contribution is 5.77. The van der Waals surface area contributed by atoms with Crippen molar-refractivity contribution >= 4 is 12.2 Å². The molecule has 0 fully saturated rings. The van der Waals surface area contributed by atoms with Crippen molar-refractivity contribution in [2.45, 2.75) is 47.1 Å². The highest BCUT2D eigenvalue weighted by Crippen LogP contribution is 2.12. The zero-order valence-corrected chi connectivity index (χ0v) is 9.74. The van der Waals surface area contributed by atoms with Gasteiger partial charge in [-0.15, -0.1) is 0 Å². The highest BCUT2D eigenvalue weighted by Gasteiger charge is 2.17. The molecule has 0 aromatic rings. The maximum absolute atomic E-state index is 10.8. The van der Waals surface area contributed by atoms with Crippen LogP contribution >= 0.6 is 0 Å². The molecule has 0 heterocycles. The zero-order valence-electron chi connectivity index (χ0n) is 9.74. The Bertz CT molecular complexity index is 214. The summed E-state index contributed by atoms with van der Waals surface area (Å²) in [5, 5.41) is 8.91. The third-order valence-electron chi connectivity index (χ3n) is 1.62. The molecule has 0 spiro atoms. The van der Waals surface area contributed by atoms with Gasteiger partial charge in [-0.2, -0.15) is 0 Å². The second kappa shape index (κ2) is 5.13. The zero-order chi connectivity index (χ0) is 11.4. The molecule has 3 heteroatoms. The van der Waals surface area contributed by atoms with Crippen LogP contribution in [0.4, 0.5) is 0 Å². The van der Waals surface area contributed by atoms with Crippen LogP contribution in [0.1, 0.15) is 41.0 Å². The van der Waals surface area contributed by atoms with Crippen LogP contribution in [0.15, 0.2) is 4.99 Å². The molecule has 0 radical (unpaired) electrons. The van der Waals surface area contributed by atoms with Gasteiger partial charge in [0.1, 0.15) is 6.04 Å². The molecule has 0 saturated heterocycles. The Hall–Kier alpha value is -0.860. The van der Waals surface area contributed by atoms with E-state index in [0.29, 0.717) is 12.3 Å². The van der Waals surface area contributed by atoms with Gasteiger partial charge in [-0.1, -0.05) is 34.6 Å². The third-order valence-corrected chi connectivity index (χ3v) is 1.62. The van der Waals surface area contributed by atoms with E-state index in [1.165, 1.54) is 0 Å². The molecule has 0 rings (SSSR count). The molecule has 0 unspecified atom stereocenters. The molecule has 14 heavy (non-hydrogen) atoms. The molecule has 0 aromatic carbocycles. The van der Waals surface area contributed by atoms with Gasteiger partial charge in [-0.25, -0.2) is 4.79 Å². The van der Waals surface area contributed by atoms with E-state index < -0.39 is 12.0 Å². The largest absolute Gasteiger partial charge is 0.480 e. The minimum atomic E-state index is -0.834. The molecular weight excluding hydrogens is 178 g/mol. The van der Waals surface area contributed by atoms with E-state index in [9.17, 15) is 4.79 Å². The van der Waals surface area contributed by atoms with Crippen LogP contribution in [0, 0.1) is 11.3 Å². The molecular formula is C11H21NO2. The van der Waals surface area contributed by atoms with Crippen molar-refractivity contribution in [3.05, 3.63) is 0 Å². The second-order valence-electron chi connectivity index (χ2n) is 5.13. The molecule has 0 aliphatic carbocycles. The summed E-state index contributed by atoms with van der Waals surface area (Å²) in [6, 6.07) is -0.589. The molecule has 0 aliphatic rings. The minimum absolute atomic E-state index is 0.0509. The molecule has 1 atom stereocenters. The Morgan fingerprint density at radius 2 is 1.93 bits per heavy atom. The fourth-order valence-electron chi connectivity index (χ4n) is 0.986. The van der Waals surface area contributed by atoms with E-state index in [-0.39, 0.29) is 5.41 Å². The number of hydrogen-bond acceptors (Lipinski definition) is 2. The number of carboxylic acids is 1. The fraction of sp³-hybridized carbons (Fsp3) is 0.818. The highest BCUT2D eigenvalue weighted by atomic mass is 16.4. The number of carboxylic acid groups (broad SMARTS) is 1. The number of aliphatic imine (C=N–C) groups is 1. The van der Waals surface area contributed by atoms with Crippen molar-refractivity contribution in [2.75, 3.05) is 0 Å². The quantitative estimate of drug-likeness (QED) is 0.707. The monoisotopic (exact) mass is 199 g/mol. The van der Waals surface area contributed by atoms with Crippen molar-refractivity contribution in [2.24, 2.45) is 16.3 Å². The number of hydrogen-bond donors (Lipinski definition) is 1. The first-order valence-corrected chi connectivity index (χ1v) is 4.99. The van der Waals surface area contributed by atoms with E-state index in [0.717, 1.165) is 0 Å². The first-order valence-electron chi connectivity index (χ1n) is 4.99. The molecule has 0 aliphatic heterocycles. The maximum Gasteiger partial charge on any atom is 0.328 e. The van der Waals surface area contributed by atoms with Crippen molar-refractivity contribution in [1.29, 1.82) is 0 Å². The lowest BCUT2D eigenvalue weighted by atomic mass is 9.98. The standard InChI is InChI=1S/C11H21NO2/c1-8(2)6-9(10(13)14)12-7-11(3,4)5/h7-9H,6H2,1-5H3,(H,13,14)/t9-/m0/s1. The number of nitrogens with zero attached hydrogens (tertiary/aromatic N) is 1. The van der Waals surface area contributed by atoms with E-state index in [1.807, 2.05) is 34.6 Å². The summed E-state index contributed by atoms with van der Waals surface area (Å²) >= 11 is 0. The van der Waals surface area contributed by atoms with Gasteiger partial charge in [0.2, 0.25) is 0 Å². The maximum atomic E-state index is 10.8. The SMILES string of the molecule is CC(C)C[C@H](N=CC(C)(C)C)C(=O)O. The molecule has 0 aromatic heterocycles. The lowest BCUT2D eigenvalue weighted by Gasteiger charge is -2.14. The molecule has 0 saturated carbocycles. The minimum Gasteiger partial charge on any atom is -0.480 e. The van der Waals surface area contributed by atoms with E-state index in [2.05, 4.69) is 4.99 Å². The molecule has 0 amide bonds. The summed E-state index contributed by atoms with van der Waals surface area (Å²) in [6.45, 7) is 10.0. The number of rotatable bonds is 4. The van der Waals surface area contributed by atoms with Gasteiger partial charge in [0.05, 0.1) is 0 Å². The van der Waals surface area contributed by atoms with Crippen LogP contribution in [-0.4, -0.2) is 23.3 Å². The van der Waals surface area contributed by atoms with Crippen LogP contribution in [0.2, 0.25) is 0 Å².